The summed E-state index contributed by atoms with van der Waals surface area (Å²) in [4.78, 5) is 10.7. The molecule has 0 atom stereocenters. The van der Waals surface area contributed by atoms with Gasteiger partial charge in [-0.25, -0.2) is 0 Å². The molecule has 2 N–H and O–H groups in total. The van der Waals surface area contributed by atoms with Crippen LogP contribution in [-0.2, 0) is 4.79 Å². The molecule has 0 saturated heterocycles. The van der Waals surface area contributed by atoms with E-state index in [-0.39, 0.29) is 5.91 Å². The van der Waals surface area contributed by atoms with Crippen molar-refractivity contribution in [2.45, 2.75) is 200 Å². The Morgan fingerprint density at radius 1 is 0.353 bits per heavy atom. The van der Waals surface area contributed by atoms with Gasteiger partial charge in [0, 0.05) is 6.42 Å². The van der Waals surface area contributed by atoms with E-state index in [0.717, 1.165) is 6.42 Å². The standard InChI is InChI=1S/C32H65NO/c1-2-3-4-5-6-7-8-9-10-11-12-13-14-15-16-17-18-19-20-21-22-23-24-25-26-27-28-29-30-31-32(33)34/h2-31H2,1H3,(H2,33,34). The van der Waals surface area contributed by atoms with Gasteiger partial charge >= 0.3 is 0 Å². The topological polar surface area (TPSA) is 43.1 Å². The second kappa shape index (κ2) is 30.5. The molecular weight excluding hydrogens is 414 g/mol. The maximum Gasteiger partial charge on any atom is 0.217 e. The van der Waals surface area contributed by atoms with Crippen LogP contribution in [0.3, 0.4) is 0 Å². The Bertz CT molecular complexity index is 381. The van der Waals surface area contributed by atoms with Crippen molar-refractivity contribution < 1.29 is 4.79 Å². The summed E-state index contributed by atoms with van der Waals surface area (Å²) in [6, 6.07) is 0. The molecule has 0 unspecified atom stereocenters. The van der Waals surface area contributed by atoms with Crippen LogP contribution in [0.15, 0.2) is 0 Å². The first-order valence-corrected chi connectivity index (χ1v) is 16.1. The normalized spacial score (nSPS) is 11.3. The van der Waals surface area contributed by atoms with Crippen LogP contribution in [0.5, 0.6) is 0 Å². The summed E-state index contributed by atoms with van der Waals surface area (Å²) in [5.74, 6) is -0.148. The number of amides is 1. The van der Waals surface area contributed by atoms with Gasteiger partial charge < -0.3 is 5.73 Å². The van der Waals surface area contributed by atoms with E-state index < -0.39 is 0 Å². The molecule has 0 aliphatic rings. The Morgan fingerprint density at radius 2 is 0.529 bits per heavy atom. The first kappa shape index (κ1) is 33.5. The van der Waals surface area contributed by atoms with E-state index in [2.05, 4.69) is 6.92 Å². The highest BCUT2D eigenvalue weighted by Crippen LogP contribution is 2.16. The molecule has 0 heterocycles. The van der Waals surface area contributed by atoms with Gasteiger partial charge in [0.15, 0.2) is 0 Å². The largest absolute Gasteiger partial charge is 0.370 e. The fourth-order valence-corrected chi connectivity index (χ4v) is 5.15. The fourth-order valence-electron chi connectivity index (χ4n) is 5.15. The first-order valence-electron chi connectivity index (χ1n) is 16.1. The van der Waals surface area contributed by atoms with E-state index in [4.69, 9.17) is 5.73 Å². The minimum Gasteiger partial charge on any atom is -0.370 e. The van der Waals surface area contributed by atoms with Crippen molar-refractivity contribution in [3.63, 3.8) is 0 Å². The molecule has 0 radical (unpaired) electrons. The van der Waals surface area contributed by atoms with Gasteiger partial charge in [0.25, 0.3) is 0 Å². The molecule has 0 aliphatic carbocycles. The van der Waals surface area contributed by atoms with Crippen LogP contribution in [0.2, 0.25) is 0 Å². The average Bonchev–Trinajstić information content (AvgIpc) is 2.83. The van der Waals surface area contributed by atoms with Crippen molar-refractivity contribution >= 4 is 5.91 Å². The van der Waals surface area contributed by atoms with Crippen LogP contribution in [-0.4, -0.2) is 5.91 Å². The predicted octanol–water partition coefficient (Wildman–Crippen LogP) is 11.2. The fraction of sp³-hybridized carbons (Fsp3) is 0.969. The monoisotopic (exact) mass is 480 g/mol. The van der Waals surface area contributed by atoms with Crippen LogP contribution in [0.4, 0.5) is 0 Å². The number of unbranched alkanes of at least 4 members (excludes halogenated alkanes) is 28. The number of primary amides is 1. The van der Waals surface area contributed by atoms with E-state index >= 15 is 0 Å². The average molecular weight is 480 g/mol. The first-order chi connectivity index (χ1) is 16.8. The Kier molecular flexibility index (Phi) is 30.0. The number of carbonyl (C=O) groups is 1. The van der Waals surface area contributed by atoms with Crippen molar-refractivity contribution in [1.82, 2.24) is 0 Å². The molecule has 0 aromatic heterocycles. The quantitative estimate of drug-likeness (QED) is 0.102. The second-order valence-electron chi connectivity index (χ2n) is 11.1. The lowest BCUT2D eigenvalue weighted by atomic mass is 10.0. The molecule has 0 saturated carbocycles. The molecule has 0 rings (SSSR count). The third-order valence-corrected chi connectivity index (χ3v) is 7.53. The summed E-state index contributed by atoms with van der Waals surface area (Å²) in [5.41, 5.74) is 5.16. The Labute approximate surface area is 216 Å². The SMILES string of the molecule is CCCCCCCCCCCCCCCCCCCCCCCCCCCCCCCC(N)=O. The zero-order valence-electron chi connectivity index (χ0n) is 23.7. The smallest absolute Gasteiger partial charge is 0.217 e. The molecule has 34 heavy (non-hydrogen) atoms. The molecular formula is C32H65NO. The molecule has 0 aromatic rings. The zero-order valence-corrected chi connectivity index (χ0v) is 23.7. The Morgan fingerprint density at radius 3 is 0.706 bits per heavy atom. The van der Waals surface area contributed by atoms with E-state index in [1.807, 2.05) is 0 Å². The lowest BCUT2D eigenvalue weighted by molar-refractivity contribution is -0.118. The van der Waals surface area contributed by atoms with Gasteiger partial charge in [0.2, 0.25) is 5.91 Å². The van der Waals surface area contributed by atoms with Gasteiger partial charge in [0.1, 0.15) is 0 Å². The lowest BCUT2D eigenvalue weighted by Gasteiger charge is -2.04. The molecule has 0 aromatic carbocycles. The van der Waals surface area contributed by atoms with E-state index in [9.17, 15) is 4.79 Å². The molecule has 0 bridgehead atoms. The summed E-state index contributed by atoms with van der Waals surface area (Å²) < 4.78 is 0. The summed E-state index contributed by atoms with van der Waals surface area (Å²) >= 11 is 0. The molecule has 0 spiro atoms. The maximum atomic E-state index is 10.7. The van der Waals surface area contributed by atoms with Crippen molar-refractivity contribution in [3.8, 4) is 0 Å². The Balaban J connectivity index is 3.01. The number of rotatable bonds is 30. The van der Waals surface area contributed by atoms with Crippen LogP contribution >= 0.6 is 0 Å². The minimum absolute atomic E-state index is 0.148. The highest BCUT2D eigenvalue weighted by atomic mass is 16.1. The zero-order chi connectivity index (χ0) is 24.8. The lowest BCUT2D eigenvalue weighted by Crippen LogP contribution is -2.09. The van der Waals surface area contributed by atoms with E-state index in [1.165, 1.54) is 180 Å². The molecule has 204 valence electrons. The highest BCUT2D eigenvalue weighted by Gasteiger charge is 1.97. The van der Waals surface area contributed by atoms with Gasteiger partial charge in [-0.2, -0.15) is 0 Å². The molecule has 2 heteroatoms. The van der Waals surface area contributed by atoms with E-state index in [0.29, 0.717) is 6.42 Å². The van der Waals surface area contributed by atoms with Crippen LogP contribution < -0.4 is 5.73 Å². The summed E-state index contributed by atoms with van der Waals surface area (Å²) in [6.07, 6.45) is 41.7. The highest BCUT2D eigenvalue weighted by molar-refractivity contribution is 5.73. The molecule has 2 nitrogen and oxygen atoms in total. The van der Waals surface area contributed by atoms with Gasteiger partial charge in [0.05, 0.1) is 0 Å². The molecule has 1 amide bonds. The van der Waals surface area contributed by atoms with Gasteiger partial charge in [-0.15, -0.1) is 0 Å². The third-order valence-electron chi connectivity index (χ3n) is 7.53. The number of hydrogen-bond donors (Lipinski definition) is 1. The maximum absolute atomic E-state index is 10.7. The van der Waals surface area contributed by atoms with Gasteiger partial charge in [-0.3, -0.25) is 4.79 Å². The molecule has 0 aliphatic heterocycles. The van der Waals surface area contributed by atoms with Crippen molar-refractivity contribution in [2.75, 3.05) is 0 Å². The minimum atomic E-state index is -0.148. The third kappa shape index (κ3) is 31.5. The summed E-state index contributed by atoms with van der Waals surface area (Å²) in [7, 11) is 0. The number of nitrogens with two attached hydrogens (primary N) is 1. The van der Waals surface area contributed by atoms with E-state index in [1.54, 1.807) is 0 Å². The van der Waals surface area contributed by atoms with Crippen LogP contribution in [0.1, 0.15) is 200 Å². The van der Waals surface area contributed by atoms with Gasteiger partial charge in [-0.1, -0.05) is 187 Å². The van der Waals surface area contributed by atoms with Crippen LogP contribution in [0, 0.1) is 0 Å². The molecule has 0 fully saturated rings. The predicted molar refractivity (Wildman–Crippen MR) is 153 cm³/mol. The Hall–Kier alpha value is -0.530. The van der Waals surface area contributed by atoms with Crippen molar-refractivity contribution in [2.24, 2.45) is 5.73 Å². The van der Waals surface area contributed by atoms with Gasteiger partial charge in [-0.05, 0) is 6.42 Å². The number of hydrogen-bond acceptors (Lipinski definition) is 1. The summed E-state index contributed by atoms with van der Waals surface area (Å²) in [6.45, 7) is 2.30. The van der Waals surface area contributed by atoms with Crippen molar-refractivity contribution in [1.29, 1.82) is 0 Å². The van der Waals surface area contributed by atoms with Crippen LogP contribution in [0.25, 0.3) is 0 Å². The number of carbonyl (C=O) groups excluding carboxylic acids is 1. The van der Waals surface area contributed by atoms with Crippen molar-refractivity contribution in [3.05, 3.63) is 0 Å². The summed E-state index contributed by atoms with van der Waals surface area (Å²) in [5, 5.41) is 0. The second-order valence-corrected chi connectivity index (χ2v) is 11.1.